The molecule has 1 aliphatic rings. The highest BCUT2D eigenvalue weighted by molar-refractivity contribution is 4.72. The molecule has 1 heterocycles. The summed E-state index contributed by atoms with van der Waals surface area (Å²) >= 11 is 0. The molecule has 1 aliphatic heterocycles. The van der Waals surface area contributed by atoms with Crippen LogP contribution in [0.2, 0.25) is 0 Å². The Bertz CT molecular complexity index is 215. The first-order valence-electron chi connectivity index (χ1n) is 8.59. The molecule has 0 spiro atoms. The van der Waals surface area contributed by atoms with Crippen molar-refractivity contribution in [3.8, 4) is 0 Å². The first kappa shape index (κ1) is 17.0. The zero-order valence-corrected chi connectivity index (χ0v) is 13.8. The topological polar surface area (TPSA) is 15.3 Å². The maximum atomic E-state index is 3.50. The maximum absolute atomic E-state index is 3.50. The van der Waals surface area contributed by atoms with Crippen molar-refractivity contribution < 1.29 is 0 Å². The molecule has 0 aliphatic carbocycles. The van der Waals surface area contributed by atoms with Crippen LogP contribution in [0.3, 0.4) is 0 Å². The fourth-order valence-corrected chi connectivity index (χ4v) is 3.31. The Morgan fingerprint density at radius 3 is 2.58 bits per heavy atom. The maximum Gasteiger partial charge on any atom is 0.00386 e. The monoisotopic (exact) mass is 268 g/mol. The smallest absolute Gasteiger partial charge is 0.00386 e. The highest BCUT2D eigenvalue weighted by Gasteiger charge is 2.18. The summed E-state index contributed by atoms with van der Waals surface area (Å²) < 4.78 is 0. The van der Waals surface area contributed by atoms with E-state index in [2.05, 4.69) is 37.9 Å². The highest BCUT2D eigenvalue weighted by Crippen LogP contribution is 2.24. The van der Waals surface area contributed by atoms with Gasteiger partial charge < -0.3 is 10.2 Å². The summed E-state index contributed by atoms with van der Waals surface area (Å²) in [5, 5.41) is 3.50. The van der Waals surface area contributed by atoms with Crippen LogP contribution in [0.15, 0.2) is 0 Å². The lowest BCUT2D eigenvalue weighted by molar-refractivity contribution is 0.265. The Balaban J connectivity index is 2.10. The van der Waals surface area contributed by atoms with Crippen LogP contribution >= 0.6 is 0 Å². The Hall–Kier alpha value is -0.0800. The second-order valence-electron chi connectivity index (χ2n) is 6.73. The molecule has 2 atom stereocenters. The molecule has 0 radical (unpaired) electrons. The predicted octanol–water partition coefficient (Wildman–Crippen LogP) is 3.91. The average molecular weight is 268 g/mol. The van der Waals surface area contributed by atoms with Gasteiger partial charge >= 0.3 is 0 Å². The standard InChI is InChI=1S/C17H36N2/c1-5-18-16(4)9-6-7-12-19-13-8-10-17(11-14-19)15(2)3/h15-18H,5-14H2,1-4H3. The quantitative estimate of drug-likeness (QED) is 0.671. The zero-order chi connectivity index (χ0) is 14.1. The Morgan fingerprint density at radius 2 is 1.89 bits per heavy atom. The van der Waals surface area contributed by atoms with Gasteiger partial charge in [0, 0.05) is 6.04 Å². The molecule has 2 nitrogen and oxygen atoms in total. The number of rotatable bonds is 8. The lowest BCUT2D eigenvalue weighted by atomic mass is 9.89. The van der Waals surface area contributed by atoms with Gasteiger partial charge in [0.1, 0.15) is 0 Å². The normalized spacial score (nSPS) is 23.5. The van der Waals surface area contributed by atoms with E-state index in [1.165, 1.54) is 58.2 Å². The minimum atomic E-state index is 0.694. The van der Waals surface area contributed by atoms with Crippen molar-refractivity contribution in [2.45, 2.75) is 72.3 Å². The molecular formula is C17H36N2. The first-order chi connectivity index (χ1) is 9.13. The Morgan fingerprint density at radius 1 is 1.11 bits per heavy atom. The van der Waals surface area contributed by atoms with Gasteiger partial charge in [0.05, 0.1) is 0 Å². The lowest BCUT2D eigenvalue weighted by Gasteiger charge is -2.21. The summed E-state index contributed by atoms with van der Waals surface area (Å²) in [6.07, 6.45) is 8.37. The lowest BCUT2D eigenvalue weighted by Crippen LogP contribution is -2.28. The van der Waals surface area contributed by atoms with E-state index < -0.39 is 0 Å². The number of likely N-dealkylation sites (tertiary alicyclic amines) is 1. The van der Waals surface area contributed by atoms with Crippen LogP contribution in [0, 0.1) is 11.8 Å². The molecule has 0 saturated carbocycles. The van der Waals surface area contributed by atoms with Crippen LogP contribution in [-0.4, -0.2) is 37.1 Å². The zero-order valence-electron chi connectivity index (χ0n) is 13.8. The van der Waals surface area contributed by atoms with E-state index in [1.54, 1.807) is 0 Å². The van der Waals surface area contributed by atoms with Gasteiger partial charge in [-0.15, -0.1) is 0 Å². The summed E-state index contributed by atoms with van der Waals surface area (Å²) in [5.41, 5.74) is 0. The summed E-state index contributed by atoms with van der Waals surface area (Å²) in [6.45, 7) is 14.4. The minimum Gasteiger partial charge on any atom is -0.315 e. The van der Waals surface area contributed by atoms with Gasteiger partial charge in [-0.25, -0.2) is 0 Å². The molecule has 0 aromatic heterocycles. The number of hydrogen-bond acceptors (Lipinski definition) is 2. The molecule has 1 rings (SSSR count). The SMILES string of the molecule is CCNC(C)CCCCN1CCCC(C(C)C)CC1. The molecule has 1 saturated heterocycles. The number of nitrogens with zero attached hydrogens (tertiary/aromatic N) is 1. The van der Waals surface area contributed by atoms with Crippen LogP contribution in [-0.2, 0) is 0 Å². The predicted molar refractivity (Wildman–Crippen MR) is 85.6 cm³/mol. The second-order valence-corrected chi connectivity index (χ2v) is 6.73. The van der Waals surface area contributed by atoms with Gasteiger partial charge in [0.2, 0.25) is 0 Å². The average Bonchev–Trinajstić information content (AvgIpc) is 2.60. The van der Waals surface area contributed by atoms with E-state index in [9.17, 15) is 0 Å². The summed E-state index contributed by atoms with van der Waals surface area (Å²) in [5.74, 6) is 1.85. The third-order valence-electron chi connectivity index (χ3n) is 4.72. The Kier molecular flexibility index (Phi) is 8.72. The minimum absolute atomic E-state index is 0.694. The van der Waals surface area contributed by atoms with Crippen molar-refractivity contribution >= 4 is 0 Å². The number of nitrogens with one attached hydrogen (secondary N) is 1. The molecular weight excluding hydrogens is 232 g/mol. The van der Waals surface area contributed by atoms with Crippen molar-refractivity contribution in [1.82, 2.24) is 10.2 Å². The third-order valence-corrected chi connectivity index (χ3v) is 4.72. The summed E-state index contributed by atoms with van der Waals surface area (Å²) in [7, 11) is 0. The van der Waals surface area contributed by atoms with Gasteiger partial charge in [-0.1, -0.05) is 27.2 Å². The van der Waals surface area contributed by atoms with Crippen molar-refractivity contribution in [2.75, 3.05) is 26.2 Å². The van der Waals surface area contributed by atoms with Crippen molar-refractivity contribution in [3.63, 3.8) is 0 Å². The van der Waals surface area contributed by atoms with E-state index in [-0.39, 0.29) is 0 Å². The number of unbranched alkanes of at least 4 members (excludes halogenated alkanes) is 1. The second kappa shape index (κ2) is 9.77. The highest BCUT2D eigenvalue weighted by atomic mass is 15.1. The van der Waals surface area contributed by atoms with Crippen LogP contribution in [0.5, 0.6) is 0 Å². The summed E-state index contributed by atoms with van der Waals surface area (Å²) in [4.78, 5) is 2.71. The molecule has 2 heteroatoms. The molecule has 0 amide bonds. The van der Waals surface area contributed by atoms with E-state index in [4.69, 9.17) is 0 Å². The van der Waals surface area contributed by atoms with Gasteiger partial charge in [-0.05, 0) is 77.0 Å². The molecule has 0 bridgehead atoms. The first-order valence-corrected chi connectivity index (χ1v) is 8.59. The van der Waals surface area contributed by atoms with Crippen LogP contribution in [0.1, 0.15) is 66.2 Å². The van der Waals surface area contributed by atoms with Gasteiger partial charge in [0.25, 0.3) is 0 Å². The van der Waals surface area contributed by atoms with Crippen molar-refractivity contribution in [3.05, 3.63) is 0 Å². The van der Waals surface area contributed by atoms with E-state index in [0.29, 0.717) is 6.04 Å². The molecule has 1 N–H and O–H groups in total. The molecule has 0 aromatic carbocycles. The summed E-state index contributed by atoms with van der Waals surface area (Å²) in [6, 6.07) is 0.694. The van der Waals surface area contributed by atoms with Gasteiger partial charge in [-0.2, -0.15) is 0 Å². The number of hydrogen-bond donors (Lipinski definition) is 1. The fourth-order valence-electron chi connectivity index (χ4n) is 3.31. The molecule has 1 fully saturated rings. The Labute approximate surface area is 121 Å². The van der Waals surface area contributed by atoms with E-state index in [0.717, 1.165) is 18.4 Å². The molecule has 19 heavy (non-hydrogen) atoms. The van der Waals surface area contributed by atoms with Gasteiger partial charge in [-0.3, -0.25) is 0 Å². The fraction of sp³-hybridized carbons (Fsp3) is 1.00. The van der Waals surface area contributed by atoms with Crippen LogP contribution in [0.25, 0.3) is 0 Å². The van der Waals surface area contributed by atoms with Crippen molar-refractivity contribution in [2.24, 2.45) is 11.8 Å². The largest absolute Gasteiger partial charge is 0.315 e. The van der Waals surface area contributed by atoms with Crippen molar-refractivity contribution in [1.29, 1.82) is 0 Å². The van der Waals surface area contributed by atoms with Crippen LogP contribution in [0.4, 0.5) is 0 Å². The van der Waals surface area contributed by atoms with E-state index in [1.807, 2.05) is 0 Å². The third kappa shape index (κ3) is 7.31. The molecule has 114 valence electrons. The van der Waals surface area contributed by atoms with Gasteiger partial charge in [0.15, 0.2) is 0 Å². The molecule has 2 unspecified atom stereocenters. The molecule has 0 aromatic rings. The van der Waals surface area contributed by atoms with E-state index >= 15 is 0 Å². The van der Waals surface area contributed by atoms with Crippen LogP contribution < -0.4 is 5.32 Å².